The van der Waals surface area contributed by atoms with E-state index in [1.165, 1.54) is 9.13 Å². The fraction of sp³-hybridized carbons (Fsp3) is 0.368. The molecule has 0 spiro atoms. The van der Waals surface area contributed by atoms with Crippen molar-refractivity contribution in [3.05, 3.63) is 109 Å². The number of aryl methyl sites for hydroxylation is 4. The maximum absolute atomic E-state index is 13.2. The molecule has 4 N–H and O–H groups in total. The topological polar surface area (TPSA) is 206 Å². The maximum atomic E-state index is 13.2. The molecule has 0 aliphatic carbocycles. The van der Waals surface area contributed by atoms with Crippen LogP contribution in [0.5, 0.6) is 0 Å². The van der Waals surface area contributed by atoms with Gasteiger partial charge in [-0.2, -0.15) is 9.97 Å². The number of hydrogen-bond donors (Lipinski definition) is 4. The van der Waals surface area contributed by atoms with Crippen LogP contribution in [0.4, 0.5) is 11.9 Å². The number of imidazole rings is 2. The lowest BCUT2D eigenvalue weighted by Gasteiger charge is -2.23. The van der Waals surface area contributed by atoms with E-state index in [2.05, 4.69) is 31.2 Å². The molecular formula is C38H40Cl4N12O6. The van der Waals surface area contributed by atoms with E-state index in [0.29, 0.717) is 104 Å². The summed E-state index contributed by atoms with van der Waals surface area (Å²) in [4.78, 5) is 83.7. The van der Waals surface area contributed by atoms with Crippen molar-refractivity contribution < 1.29 is 9.59 Å². The first-order valence-corrected chi connectivity index (χ1v) is 20.3. The summed E-state index contributed by atoms with van der Waals surface area (Å²) in [6.45, 7) is 1.06. The summed E-state index contributed by atoms with van der Waals surface area (Å²) in [6, 6.07) is 9.95. The van der Waals surface area contributed by atoms with Gasteiger partial charge in [0.2, 0.25) is 23.7 Å². The van der Waals surface area contributed by atoms with Crippen LogP contribution in [0.25, 0.3) is 22.3 Å². The number of piperidine rings is 2. The van der Waals surface area contributed by atoms with Crippen LogP contribution in [0.3, 0.4) is 0 Å². The Labute approximate surface area is 360 Å². The van der Waals surface area contributed by atoms with Crippen LogP contribution in [0, 0.1) is 0 Å². The largest absolute Gasteiger partial charge is 0.354 e. The maximum Gasteiger partial charge on any atom is 0.332 e. The predicted octanol–water partition coefficient (Wildman–Crippen LogP) is 2.96. The van der Waals surface area contributed by atoms with E-state index in [9.17, 15) is 28.8 Å². The van der Waals surface area contributed by atoms with E-state index < -0.39 is 22.5 Å². The Morgan fingerprint density at radius 2 is 0.967 bits per heavy atom. The molecule has 2 amide bonds. The van der Waals surface area contributed by atoms with Crippen LogP contribution in [0.2, 0.25) is 20.1 Å². The molecule has 0 radical (unpaired) electrons. The molecule has 0 bridgehead atoms. The SMILES string of the molecule is Cn1c(N[C@@H]2CCC(=O)NC2)nc2c1c(=O)n(Cc1ccc(Cl)c(Cl)c1)c(=O)n2C.Cn1c(N[C@H]2CCC(=O)NC2)nc2c1c(=O)n(Cc1ccc(Cl)c(Cl)c1)c(=O)n2C. The highest BCUT2D eigenvalue weighted by Crippen LogP contribution is 2.24. The second-order valence-electron chi connectivity index (χ2n) is 14.7. The van der Waals surface area contributed by atoms with Crippen molar-refractivity contribution in [2.24, 2.45) is 28.2 Å². The monoisotopic (exact) mass is 900 g/mol. The van der Waals surface area contributed by atoms with E-state index in [-0.39, 0.29) is 37.0 Å². The van der Waals surface area contributed by atoms with Crippen molar-refractivity contribution in [1.29, 1.82) is 0 Å². The van der Waals surface area contributed by atoms with Gasteiger partial charge in [0.1, 0.15) is 0 Å². The van der Waals surface area contributed by atoms with Crippen LogP contribution in [-0.2, 0) is 50.9 Å². The molecule has 2 fully saturated rings. The molecule has 316 valence electrons. The lowest BCUT2D eigenvalue weighted by atomic mass is 10.1. The minimum Gasteiger partial charge on any atom is -0.354 e. The van der Waals surface area contributed by atoms with Gasteiger partial charge in [-0.15, -0.1) is 0 Å². The third-order valence-electron chi connectivity index (χ3n) is 10.6. The minimum absolute atomic E-state index is 0.00586. The molecule has 6 aromatic rings. The summed E-state index contributed by atoms with van der Waals surface area (Å²) in [5, 5.41) is 13.6. The molecule has 22 heteroatoms. The number of nitrogens with one attached hydrogen (secondary N) is 4. The standard InChI is InChI=1S/2C19H20Cl2N6O3/c2*1-25-15-16(24-18(25)23-11-4-6-14(28)22-8-11)26(2)19(30)27(17(15)29)9-10-3-5-12(20)13(21)7-10/h2*3,5,7,11H,4,6,8-9H2,1-2H3,(H,22,28)(H,23,24)/t2*11-/m10/s1. The van der Waals surface area contributed by atoms with Crippen molar-refractivity contribution in [2.45, 2.75) is 50.9 Å². The average molecular weight is 903 g/mol. The van der Waals surface area contributed by atoms with Crippen molar-refractivity contribution in [2.75, 3.05) is 23.7 Å². The molecule has 18 nitrogen and oxygen atoms in total. The van der Waals surface area contributed by atoms with Gasteiger partial charge >= 0.3 is 11.4 Å². The number of carbonyl (C=O) groups excluding carboxylic acids is 2. The summed E-state index contributed by atoms with van der Waals surface area (Å²) >= 11 is 24.0. The Morgan fingerprint density at radius 3 is 1.30 bits per heavy atom. The highest BCUT2D eigenvalue weighted by Gasteiger charge is 2.25. The Kier molecular flexibility index (Phi) is 12.2. The van der Waals surface area contributed by atoms with Gasteiger partial charge in [-0.05, 0) is 48.2 Å². The summed E-state index contributed by atoms with van der Waals surface area (Å²) in [6.07, 6.45) is 2.18. The van der Waals surface area contributed by atoms with Gasteiger partial charge < -0.3 is 30.4 Å². The van der Waals surface area contributed by atoms with Crippen LogP contribution < -0.4 is 43.8 Å². The van der Waals surface area contributed by atoms with E-state index in [0.717, 1.165) is 9.13 Å². The fourth-order valence-electron chi connectivity index (χ4n) is 7.14. The number of hydrogen-bond acceptors (Lipinski definition) is 10. The van der Waals surface area contributed by atoms with Crippen LogP contribution in [-0.4, -0.2) is 74.4 Å². The van der Waals surface area contributed by atoms with Crippen molar-refractivity contribution in [1.82, 2.24) is 48.0 Å². The Bertz CT molecular complexity index is 2730. The third kappa shape index (κ3) is 8.41. The second kappa shape index (κ2) is 17.2. The zero-order valence-electron chi connectivity index (χ0n) is 32.8. The molecule has 8 rings (SSSR count). The number of benzene rings is 2. The van der Waals surface area contributed by atoms with E-state index >= 15 is 0 Å². The molecule has 2 aliphatic rings. The molecule has 4 aromatic heterocycles. The number of aromatic nitrogens is 8. The number of anilines is 2. The highest BCUT2D eigenvalue weighted by molar-refractivity contribution is 6.42. The summed E-state index contributed by atoms with van der Waals surface area (Å²) in [7, 11) is 6.59. The Morgan fingerprint density at radius 1 is 0.583 bits per heavy atom. The highest BCUT2D eigenvalue weighted by atomic mass is 35.5. The number of nitrogens with zero attached hydrogens (tertiary/aromatic N) is 8. The molecule has 0 saturated carbocycles. The summed E-state index contributed by atoms with van der Waals surface area (Å²) < 4.78 is 8.27. The van der Waals surface area contributed by atoms with Gasteiger partial charge in [0, 0.05) is 66.2 Å². The molecule has 6 heterocycles. The quantitative estimate of drug-likeness (QED) is 0.176. The zero-order chi connectivity index (χ0) is 43.2. The molecule has 60 heavy (non-hydrogen) atoms. The number of fused-ring (bicyclic) bond motifs is 2. The van der Waals surface area contributed by atoms with Crippen molar-refractivity contribution in [3.8, 4) is 0 Å². The first kappa shape index (κ1) is 42.6. The number of carbonyl (C=O) groups is 2. The summed E-state index contributed by atoms with van der Waals surface area (Å²) in [5.74, 6) is 0.965. The number of halogens is 4. The van der Waals surface area contributed by atoms with Crippen molar-refractivity contribution in [3.63, 3.8) is 0 Å². The predicted molar refractivity (Wildman–Crippen MR) is 231 cm³/mol. The molecule has 0 unspecified atom stereocenters. The van der Waals surface area contributed by atoms with Crippen molar-refractivity contribution >= 4 is 92.4 Å². The first-order valence-electron chi connectivity index (χ1n) is 18.8. The van der Waals surface area contributed by atoms with Crippen LogP contribution in [0.15, 0.2) is 55.6 Å². The van der Waals surface area contributed by atoms with Gasteiger partial charge in [0.15, 0.2) is 22.3 Å². The smallest absolute Gasteiger partial charge is 0.332 e. The normalized spacial score (nSPS) is 16.7. The van der Waals surface area contributed by atoms with Gasteiger partial charge in [0.05, 0.1) is 33.2 Å². The summed E-state index contributed by atoms with van der Waals surface area (Å²) in [5.41, 5.74) is 0.710. The average Bonchev–Trinajstić information content (AvgIpc) is 3.73. The zero-order valence-corrected chi connectivity index (χ0v) is 35.8. The minimum atomic E-state index is -0.479. The van der Waals surface area contributed by atoms with E-state index in [1.807, 2.05) is 0 Å². The molecule has 2 saturated heterocycles. The van der Waals surface area contributed by atoms with Gasteiger partial charge in [-0.3, -0.25) is 37.4 Å². The van der Waals surface area contributed by atoms with Crippen LogP contribution >= 0.6 is 46.4 Å². The van der Waals surface area contributed by atoms with E-state index in [1.54, 1.807) is 73.7 Å². The first-order chi connectivity index (χ1) is 28.5. The molecular weight excluding hydrogens is 862 g/mol. The molecule has 2 aliphatic heterocycles. The molecule has 2 atom stereocenters. The Balaban J connectivity index is 0.000000181. The lowest BCUT2D eigenvalue weighted by molar-refractivity contribution is -0.123. The number of amides is 2. The van der Waals surface area contributed by atoms with Gasteiger partial charge in [0.25, 0.3) is 11.1 Å². The molecule has 2 aromatic carbocycles. The second-order valence-corrected chi connectivity index (χ2v) is 16.3. The third-order valence-corrected chi connectivity index (χ3v) is 12.0. The number of rotatable bonds is 8. The van der Waals surface area contributed by atoms with E-state index in [4.69, 9.17) is 46.4 Å². The lowest BCUT2D eigenvalue weighted by Crippen LogP contribution is -2.42. The van der Waals surface area contributed by atoms with Gasteiger partial charge in [-0.1, -0.05) is 58.5 Å². The van der Waals surface area contributed by atoms with Gasteiger partial charge in [-0.25, -0.2) is 9.59 Å². The Hall–Kier alpha value is -5.56. The van der Waals surface area contributed by atoms with Crippen LogP contribution in [0.1, 0.15) is 36.8 Å². The fourth-order valence-corrected chi connectivity index (χ4v) is 7.78.